The summed E-state index contributed by atoms with van der Waals surface area (Å²) in [6, 6.07) is 8.55. The molecule has 3 aromatic rings. The van der Waals surface area contributed by atoms with E-state index in [0.717, 1.165) is 40.7 Å². The number of hydrogen-bond acceptors (Lipinski definition) is 4. The third kappa shape index (κ3) is 2.29. The molecule has 0 N–H and O–H groups in total. The monoisotopic (exact) mass is 343 g/mol. The summed E-state index contributed by atoms with van der Waals surface area (Å²) in [7, 11) is 0. The highest BCUT2D eigenvalue weighted by Gasteiger charge is 2.26. The largest absolute Gasteiger partial charge is 0.354 e. The molecule has 0 amide bonds. The maximum absolute atomic E-state index is 4.50. The van der Waals surface area contributed by atoms with Gasteiger partial charge < -0.3 is 4.90 Å². The summed E-state index contributed by atoms with van der Waals surface area (Å²) in [6.45, 7) is 1.91. The summed E-state index contributed by atoms with van der Waals surface area (Å²) >= 11 is 3.45. The maximum Gasteiger partial charge on any atom is 0.139 e. The number of aromatic nitrogens is 4. The van der Waals surface area contributed by atoms with Crippen molar-refractivity contribution in [2.75, 3.05) is 18.0 Å². The summed E-state index contributed by atoms with van der Waals surface area (Å²) in [5.41, 5.74) is 0.993. The van der Waals surface area contributed by atoms with Crippen LogP contribution < -0.4 is 4.90 Å². The van der Waals surface area contributed by atoms with E-state index in [2.05, 4.69) is 42.0 Å². The molecule has 1 atom stereocenters. The molecule has 0 spiro atoms. The van der Waals surface area contributed by atoms with Gasteiger partial charge in [-0.15, -0.1) is 0 Å². The van der Waals surface area contributed by atoms with Crippen molar-refractivity contribution in [2.45, 2.75) is 12.5 Å². The fraction of sp³-hybridized carbons (Fsp3) is 0.267. The second-order valence-electron chi connectivity index (χ2n) is 5.24. The van der Waals surface area contributed by atoms with Crippen molar-refractivity contribution in [1.82, 2.24) is 19.7 Å². The number of hydrogen-bond donors (Lipinski definition) is 0. The molecular weight excluding hydrogens is 330 g/mol. The first-order chi connectivity index (χ1) is 10.3. The highest BCUT2D eigenvalue weighted by atomic mass is 79.9. The van der Waals surface area contributed by atoms with E-state index in [1.165, 1.54) is 0 Å². The van der Waals surface area contributed by atoms with Gasteiger partial charge in [0.25, 0.3) is 0 Å². The van der Waals surface area contributed by atoms with Gasteiger partial charge in [0, 0.05) is 24.7 Å². The van der Waals surface area contributed by atoms with Crippen molar-refractivity contribution >= 4 is 32.7 Å². The van der Waals surface area contributed by atoms with Crippen molar-refractivity contribution in [3.05, 3.63) is 47.5 Å². The minimum absolute atomic E-state index is 0.394. The lowest BCUT2D eigenvalue weighted by molar-refractivity contribution is 0.494. The van der Waals surface area contributed by atoms with Gasteiger partial charge in [0.2, 0.25) is 0 Å². The van der Waals surface area contributed by atoms with Crippen LogP contribution in [-0.4, -0.2) is 32.8 Å². The standard InChI is InChI=1S/C15H14BrN5/c16-11-7-19-21(8-11)12-5-6-20(9-12)15-13-3-1-2-4-14(13)17-10-18-15/h1-4,7-8,10,12H,5-6,9H2. The third-order valence-corrected chi connectivity index (χ3v) is 4.34. The molecule has 4 rings (SSSR count). The van der Waals surface area contributed by atoms with Gasteiger partial charge in [-0.05, 0) is 34.5 Å². The van der Waals surface area contributed by atoms with E-state index in [1.54, 1.807) is 6.33 Å². The highest BCUT2D eigenvalue weighted by Crippen LogP contribution is 2.30. The number of anilines is 1. The molecule has 0 bridgehead atoms. The lowest BCUT2D eigenvalue weighted by Gasteiger charge is -2.19. The van der Waals surface area contributed by atoms with Crippen LogP contribution in [0, 0.1) is 0 Å². The SMILES string of the molecule is Brc1cnn(C2CCN(c3ncnc4ccccc34)C2)c1. The maximum atomic E-state index is 4.50. The molecule has 5 nitrogen and oxygen atoms in total. The minimum Gasteiger partial charge on any atom is -0.354 e. The van der Waals surface area contributed by atoms with Crippen molar-refractivity contribution in [3.8, 4) is 0 Å². The molecule has 3 heterocycles. The molecule has 1 aliphatic heterocycles. The van der Waals surface area contributed by atoms with E-state index >= 15 is 0 Å². The van der Waals surface area contributed by atoms with Gasteiger partial charge in [-0.1, -0.05) is 12.1 Å². The Balaban J connectivity index is 1.65. The number of fused-ring (bicyclic) bond motifs is 1. The van der Waals surface area contributed by atoms with E-state index < -0.39 is 0 Å². The Bertz CT molecular complexity index is 779. The topological polar surface area (TPSA) is 46.8 Å². The molecular formula is C15H14BrN5. The first-order valence-electron chi connectivity index (χ1n) is 6.95. The Morgan fingerprint density at radius 3 is 2.95 bits per heavy atom. The molecule has 1 aromatic carbocycles. The second kappa shape index (κ2) is 5.11. The van der Waals surface area contributed by atoms with E-state index in [0.29, 0.717) is 6.04 Å². The van der Waals surface area contributed by atoms with Crippen molar-refractivity contribution in [1.29, 1.82) is 0 Å². The summed E-state index contributed by atoms with van der Waals surface area (Å²) in [4.78, 5) is 11.2. The average molecular weight is 344 g/mol. The molecule has 1 unspecified atom stereocenters. The summed E-state index contributed by atoms with van der Waals surface area (Å²) in [5, 5.41) is 5.51. The fourth-order valence-electron chi connectivity index (χ4n) is 2.91. The number of rotatable bonds is 2. The lowest BCUT2D eigenvalue weighted by Crippen LogP contribution is -2.22. The first kappa shape index (κ1) is 12.8. The quantitative estimate of drug-likeness (QED) is 0.717. The Morgan fingerprint density at radius 2 is 2.10 bits per heavy atom. The van der Waals surface area contributed by atoms with Crippen molar-refractivity contribution in [2.24, 2.45) is 0 Å². The molecule has 1 aliphatic rings. The van der Waals surface area contributed by atoms with E-state index in [-0.39, 0.29) is 0 Å². The van der Waals surface area contributed by atoms with Gasteiger partial charge in [0.1, 0.15) is 12.1 Å². The van der Waals surface area contributed by atoms with Crippen LogP contribution in [0.5, 0.6) is 0 Å². The first-order valence-corrected chi connectivity index (χ1v) is 7.75. The van der Waals surface area contributed by atoms with E-state index in [1.807, 2.05) is 35.3 Å². The molecule has 21 heavy (non-hydrogen) atoms. The van der Waals surface area contributed by atoms with Crippen LogP contribution in [-0.2, 0) is 0 Å². The van der Waals surface area contributed by atoms with Gasteiger partial charge >= 0.3 is 0 Å². The Kier molecular flexibility index (Phi) is 3.11. The Hall–Kier alpha value is -1.95. The molecule has 1 saturated heterocycles. The van der Waals surface area contributed by atoms with Gasteiger partial charge in [-0.3, -0.25) is 4.68 Å². The number of nitrogens with zero attached hydrogens (tertiary/aromatic N) is 5. The van der Waals surface area contributed by atoms with Gasteiger partial charge in [-0.25, -0.2) is 9.97 Å². The summed E-state index contributed by atoms with van der Waals surface area (Å²) in [6.07, 6.45) is 6.59. The summed E-state index contributed by atoms with van der Waals surface area (Å²) < 4.78 is 3.06. The Morgan fingerprint density at radius 1 is 1.19 bits per heavy atom. The predicted octanol–water partition coefficient (Wildman–Crippen LogP) is 3.04. The third-order valence-electron chi connectivity index (χ3n) is 3.93. The minimum atomic E-state index is 0.394. The average Bonchev–Trinajstić information content (AvgIpc) is 3.15. The number of para-hydroxylation sites is 1. The predicted molar refractivity (Wildman–Crippen MR) is 85.3 cm³/mol. The molecule has 106 valence electrons. The lowest BCUT2D eigenvalue weighted by atomic mass is 10.2. The smallest absolute Gasteiger partial charge is 0.139 e. The van der Waals surface area contributed by atoms with Gasteiger partial charge in [0.05, 0.1) is 22.2 Å². The summed E-state index contributed by atoms with van der Waals surface area (Å²) in [5.74, 6) is 1.02. The zero-order valence-corrected chi connectivity index (χ0v) is 12.9. The second-order valence-corrected chi connectivity index (χ2v) is 6.16. The van der Waals surface area contributed by atoms with Crippen LogP contribution in [0.3, 0.4) is 0 Å². The Labute approximate surface area is 130 Å². The van der Waals surface area contributed by atoms with Crippen LogP contribution in [0.25, 0.3) is 10.9 Å². The molecule has 2 aromatic heterocycles. The number of benzene rings is 1. The fourth-order valence-corrected chi connectivity index (χ4v) is 3.21. The molecule has 0 saturated carbocycles. The van der Waals surface area contributed by atoms with Crippen LogP contribution in [0.1, 0.15) is 12.5 Å². The van der Waals surface area contributed by atoms with Crippen LogP contribution in [0.4, 0.5) is 5.82 Å². The van der Waals surface area contributed by atoms with Crippen LogP contribution in [0.15, 0.2) is 47.5 Å². The van der Waals surface area contributed by atoms with E-state index in [4.69, 9.17) is 0 Å². The molecule has 6 heteroatoms. The molecule has 0 radical (unpaired) electrons. The highest BCUT2D eigenvalue weighted by molar-refractivity contribution is 9.10. The zero-order chi connectivity index (χ0) is 14.2. The van der Waals surface area contributed by atoms with Crippen LogP contribution in [0.2, 0.25) is 0 Å². The molecule has 0 aliphatic carbocycles. The van der Waals surface area contributed by atoms with Crippen molar-refractivity contribution in [3.63, 3.8) is 0 Å². The van der Waals surface area contributed by atoms with Gasteiger partial charge in [-0.2, -0.15) is 5.10 Å². The zero-order valence-electron chi connectivity index (χ0n) is 11.4. The van der Waals surface area contributed by atoms with Crippen molar-refractivity contribution < 1.29 is 0 Å². The van der Waals surface area contributed by atoms with Crippen LogP contribution >= 0.6 is 15.9 Å². The van der Waals surface area contributed by atoms with Gasteiger partial charge in [0.15, 0.2) is 0 Å². The number of halogens is 1. The molecule has 1 fully saturated rings. The van der Waals surface area contributed by atoms with E-state index in [9.17, 15) is 0 Å². The normalized spacial score (nSPS) is 18.5.